The van der Waals surface area contributed by atoms with Crippen LogP contribution in [0.1, 0.15) is 19.8 Å². The van der Waals surface area contributed by atoms with Gasteiger partial charge in [0.25, 0.3) is 5.56 Å². The Morgan fingerprint density at radius 2 is 2.33 bits per heavy atom. The van der Waals surface area contributed by atoms with Gasteiger partial charge in [0.2, 0.25) is 0 Å². The second kappa shape index (κ2) is 5.51. The lowest BCUT2D eigenvalue weighted by atomic mass is 10.2. The number of rotatable bonds is 3. The maximum atomic E-state index is 11.8. The number of aromatic amines is 1. The quantitative estimate of drug-likeness (QED) is 0.741. The van der Waals surface area contributed by atoms with Gasteiger partial charge in [-0.1, -0.05) is 0 Å². The SMILES string of the molecule is CCn1c(N)c(NC2CCCSC2)c(=O)[nH]c1=O. The Labute approximate surface area is 109 Å². The second-order valence-corrected chi connectivity index (χ2v) is 5.47. The van der Waals surface area contributed by atoms with E-state index >= 15 is 0 Å². The number of thioether (sulfide) groups is 1. The van der Waals surface area contributed by atoms with Gasteiger partial charge < -0.3 is 11.1 Å². The third-order valence-electron chi connectivity index (χ3n) is 3.06. The van der Waals surface area contributed by atoms with Crippen molar-refractivity contribution >= 4 is 23.3 Å². The van der Waals surface area contributed by atoms with Gasteiger partial charge in [-0.15, -0.1) is 0 Å². The minimum absolute atomic E-state index is 0.224. The number of hydrogen-bond donors (Lipinski definition) is 3. The summed E-state index contributed by atoms with van der Waals surface area (Å²) < 4.78 is 1.36. The molecule has 18 heavy (non-hydrogen) atoms. The van der Waals surface area contributed by atoms with E-state index in [1.807, 2.05) is 18.7 Å². The fraction of sp³-hybridized carbons (Fsp3) is 0.636. The Morgan fingerprint density at radius 1 is 1.56 bits per heavy atom. The molecule has 0 radical (unpaired) electrons. The molecule has 1 aromatic heterocycles. The van der Waals surface area contributed by atoms with Crippen LogP contribution in [0.15, 0.2) is 9.59 Å². The Balaban J connectivity index is 2.32. The van der Waals surface area contributed by atoms with E-state index in [1.54, 1.807) is 0 Å². The Morgan fingerprint density at radius 3 is 2.94 bits per heavy atom. The maximum Gasteiger partial charge on any atom is 0.330 e. The van der Waals surface area contributed by atoms with Crippen molar-refractivity contribution in [1.82, 2.24) is 9.55 Å². The molecule has 0 aliphatic carbocycles. The van der Waals surface area contributed by atoms with E-state index in [1.165, 1.54) is 10.3 Å². The highest BCUT2D eigenvalue weighted by Crippen LogP contribution is 2.21. The fourth-order valence-corrected chi connectivity index (χ4v) is 3.17. The third-order valence-corrected chi connectivity index (χ3v) is 4.28. The Kier molecular flexibility index (Phi) is 4.00. The molecule has 2 rings (SSSR count). The predicted octanol–water partition coefficient (Wildman–Crippen LogP) is 0.446. The topological polar surface area (TPSA) is 92.9 Å². The van der Waals surface area contributed by atoms with Crippen molar-refractivity contribution in [2.75, 3.05) is 22.6 Å². The Hall–Kier alpha value is -1.37. The van der Waals surface area contributed by atoms with E-state index in [0.717, 1.165) is 18.6 Å². The summed E-state index contributed by atoms with van der Waals surface area (Å²) in [5.74, 6) is 2.35. The minimum atomic E-state index is -0.455. The summed E-state index contributed by atoms with van der Waals surface area (Å²) in [7, 11) is 0. The lowest BCUT2D eigenvalue weighted by molar-refractivity contribution is 0.673. The van der Waals surface area contributed by atoms with E-state index in [-0.39, 0.29) is 11.9 Å². The van der Waals surface area contributed by atoms with Crippen LogP contribution in [0.4, 0.5) is 11.5 Å². The summed E-state index contributed by atoms with van der Waals surface area (Å²) in [5.41, 5.74) is 5.32. The average Bonchev–Trinajstić information content (AvgIpc) is 2.36. The molecule has 1 atom stereocenters. The van der Waals surface area contributed by atoms with Gasteiger partial charge in [-0.05, 0) is 25.5 Å². The molecule has 1 aromatic rings. The highest BCUT2D eigenvalue weighted by Gasteiger charge is 2.18. The largest absolute Gasteiger partial charge is 0.383 e. The van der Waals surface area contributed by atoms with Crippen molar-refractivity contribution in [3.05, 3.63) is 20.8 Å². The van der Waals surface area contributed by atoms with E-state index in [9.17, 15) is 9.59 Å². The van der Waals surface area contributed by atoms with Crippen molar-refractivity contribution < 1.29 is 0 Å². The summed E-state index contributed by atoms with van der Waals surface area (Å²) in [6.07, 6.45) is 2.16. The van der Waals surface area contributed by atoms with E-state index in [2.05, 4.69) is 10.3 Å². The monoisotopic (exact) mass is 270 g/mol. The normalized spacial score (nSPS) is 19.7. The molecule has 4 N–H and O–H groups in total. The number of nitrogen functional groups attached to an aromatic ring is 1. The van der Waals surface area contributed by atoms with Gasteiger partial charge in [0.1, 0.15) is 11.5 Å². The van der Waals surface area contributed by atoms with Crippen LogP contribution >= 0.6 is 11.8 Å². The molecule has 0 saturated carbocycles. The van der Waals surface area contributed by atoms with Gasteiger partial charge in [0, 0.05) is 18.3 Å². The van der Waals surface area contributed by atoms with Gasteiger partial charge in [0.15, 0.2) is 0 Å². The Bertz CT molecular complexity index is 531. The number of nitrogens with two attached hydrogens (primary N) is 1. The molecule has 0 spiro atoms. The molecule has 1 unspecified atom stereocenters. The summed E-state index contributed by atoms with van der Waals surface area (Å²) in [6, 6.07) is 0.245. The predicted molar refractivity (Wildman–Crippen MR) is 75.4 cm³/mol. The first-order valence-electron chi connectivity index (χ1n) is 6.10. The summed E-state index contributed by atoms with van der Waals surface area (Å²) in [4.78, 5) is 25.6. The van der Waals surface area contributed by atoms with Gasteiger partial charge in [-0.2, -0.15) is 11.8 Å². The van der Waals surface area contributed by atoms with E-state index in [0.29, 0.717) is 12.2 Å². The standard InChI is InChI=1S/C11H18N4O2S/c1-2-15-9(12)8(10(16)14-11(15)17)13-7-4-3-5-18-6-7/h7,13H,2-6,12H2,1H3,(H,14,16,17). The van der Waals surface area contributed by atoms with Crippen molar-refractivity contribution in [2.45, 2.75) is 32.4 Å². The van der Waals surface area contributed by atoms with Crippen molar-refractivity contribution in [2.24, 2.45) is 0 Å². The molecule has 6 nitrogen and oxygen atoms in total. The van der Waals surface area contributed by atoms with Crippen LogP contribution in [0.5, 0.6) is 0 Å². The lowest BCUT2D eigenvalue weighted by Crippen LogP contribution is -2.36. The molecule has 1 saturated heterocycles. The summed E-state index contributed by atoms with van der Waals surface area (Å²) in [5, 5.41) is 3.17. The first-order valence-corrected chi connectivity index (χ1v) is 7.25. The van der Waals surface area contributed by atoms with Crippen LogP contribution in [0.2, 0.25) is 0 Å². The number of nitrogens with one attached hydrogen (secondary N) is 2. The van der Waals surface area contributed by atoms with Crippen LogP contribution in [0.3, 0.4) is 0 Å². The average molecular weight is 270 g/mol. The molecule has 0 amide bonds. The first-order chi connectivity index (χ1) is 8.63. The van der Waals surface area contributed by atoms with Crippen LogP contribution in [-0.4, -0.2) is 27.1 Å². The molecule has 0 bridgehead atoms. The van der Waals surface area contributed by atoms with Crippen molar-refractivity contribution in [1.29, 1.82) is 0 Å². The highest BCUT2D eigenvalue weighted by molar-refractivity contribution is 7.99. The van der Waals surface area contributed by atoms with Crippen LogP contribution < -0.4 is 22.3 Å². The molecule has 2 heterocycles. The molecule has 1 aliphatic heterocycles. The zero-order chi connectivity index (χ0) is 13.1. The van der Waals surface area contributed by atoms with Crippen molar-refractivity contribution in [3.63, 3.8) is 0 Å². The number of hydrogen-bond acceptors (Lipinski definition) is 5. The summed E-state index contributed by atoms with van der Waals surface area (Å²) >= 11 is 1.86. The second-order valence-electron chi connectivity index (χ2n) is 4.32. The molecule has 0 aromatic carbocycles. The van der Waals surface area contributed by atoms with Crippen LogP contribution in [-0.2, 0) is 6.54 Å². The van der Waals surface area contributed by atoms with Gasteiger partial charge in [-0.3, -0.25) is 14.3 Å². The number of H-pyrrole nitrogens is 1. The number of anilines is 2. The molecular weight excluding hydrogens is 252 g/mol. The number of nitrogens with zero attached hydrogens (tertiary/aromatic N) is 1. The zero-order valence-corrected chi connectivity index (χ0v) is 11.2. The molecule has 7 heteroatoms. The van der Waals surface area contributed by atoms with Crippen molar-refractivity contribution in [3.8, 4) is 0 Å². The molecule has 100 valence electrons. The number of aromatic nitrogens is 2. The smallest absolute Gasteiger partial charge is 0.330 e. The third kappa shape index (κ3) is 2.55. The lowest BCUT2D eigenvalue weighted by Gasteiger charge is -2.24. The first kappa shape index (κ1) is 13.1. The zero-order valence-electron chi connectivity index (χ0n) is 10.4. The molecular formula is C11H18N4O2S. The molecule has 1 fully saturated rings. The van der Waals surface area contributed by atoms with Crippen LogP contribution in [0, 0.1) is 0 Å². The van der Waals surface area contributed by atoms with Gasteiger partial charge >= 0.3 is 5.69 Å². The van der Waals surface area contributed by atoms with Gasteiger partial charge in [0.05, 0.1) is 0 Å². The summed E-state index contributed by atoms with van der Waals surface area (Å²) in [6.45, 7) is 2.26. The maximum absolute atomic E-state index is 11.8. The fourth-order valence-electron chi connectivity index (χ4n) is 2.10. The van der Waals surface area contributed by atoms with Gasteiger partial charge in [-0.25, -0.2) is 4.79 Å². The highest BCUT2D eigenvalue weighted by atomic mass is 32.2. The minimum Gasteiger partial charge on any atom is -0.383 e. The molecule has 1 aliphatic rings. The van der Waals surface area contributed by atoms with E-state index in [4.69, 9.17) is 5.73 Å². The van der Waals surface area contributed by atoms with E-state index < -0.39 is 11.2 Å². The van der Waals surface area contributed by atoms with Crippen LogP contribution in [0.25, 0.3) is 0 Å².